The van der Waals surface area contributed by atoms with Crippen LogP contribution in [0.25, 0.3) is 23.0 Å². The van der Waals surface area contributed by atoms with Gasteiger partial charge in [0.1, 0.15) is 17.7 Å². The second-order valence-corrected chi connectivity index (χ2v) is 7.00. The highest BCUT2D eigenvalue weighted by Gasteiger charge is 2.26. The molecule has 3 heterocycles. The summed E-state index contributed by atoms with van der Waals surface area (Å²) in [4.78, 5) is 8.71. The zero-order valence-electron chi connectivity index (χ0n) is 14.8. The van der Waals surface area contributed by atoms with Crippen LogP contribution in [0.3, 0.4) is 0 Å². The SMILES string of the molecule is Fc1ccc(C2Cn3cnc(-c4nc(-c5ccc(Cl)c(F)c5)no4)c3CO2)cc1. The molecule has 0 bridgehead atoms. The number of benzene rings is 2. The van der Waals surface area contributed by atoms with Crippen LogP contribution in [-0.2, 0) is 17.9 Å². The first kappa shape index (κ1) is 18.0. The molecule has 0 amide bonds. The normalized spacial score (nSPS) is 16.0. The molecule has 146 valence electrons. The highest BCUT2D eigenvalue weighted by molar-refractivity contribution is 6.30. The van der Waals surface area contributed by atoms with Crippen molar-refractivity contribution in [1.29, 1.82) is 0 Å². The fourth-order valence-electron chi connectivity index (χ4n) is 3.26. The van der Waals surface area contributed by atoms with Gasteiger partial charge in [0.05, 0.1) is 30.2 Å². The van der Waals surface area contributed by atoms with Crippen molar-refractivity contribution in [2.75, 3.05) is 0 Å². The molecule has 0 spiro atoms. The number of hydrogen-bond acceptors (Lipinski definition) is 5. The number of halogens is 3. The molecule has 1 atom stereocenters. The van der Waals surface area contributed by atoms with Gasteiger partial charge < -0.3 is 13.8 Å². The molecule has 2 aromatic heterocycles. The highest BCUT2D eigenvalue weighted by Crippen LogP contribution is 2.32. The van der Waals surface area contributed by atoms with Crippen LogP contribution in [0.4, 0.5) is 8.78 Å². The summed E-state index contributed by atoms with van der Waals surface area (Å²) < 4.78 is 40.1. The van der Waals surface area contributed by atoms with Crippen molar-refractivity contribution in [2.45, 2.75) is 19.3 Å². The lowest BCUT2D eigenvalue weighted by atomic mass is 10.1. The van der Waals surface area contributed by atoms with Crippen LogP contribution < -0.4 is 0 Å². The van der Waals surface area contributed by atoms with Gasteiger partial charge in [0.15, 0.2) is 5.69 Å². The molecule has 0 fully saturated rings. The third kappa shape index (κ3) is 3.30. The van der Waals surface area contributed by atoms with Crippen LogP contribution in [-0.4, -0.2) is 19.7 Å². The van der Waals surface area contributed by atoms with Crippen LogP contribution >= 0.6 is 11.6 Å². The van der Waals surface area contributed by atoms with Crippen molar-refractivity contribution in [2.24, 2.45) is 0 Å². The predicted molar refractivity (Wildman–Crippen MR) is 99.9 cm³/mol. The maximum atomic E-state index is 13.7. The van der Waals surface area contributed by atoms with E-state index in [1.807, 2.05) is 4.57 Å². The van der Waals surface area contributed by atoms with Crippen LogP contribution in [0.15, 0.2) is 53.3 Å². The summed E-state index contributed by atoms with van der Waals surface area (Å²) in [6, 6.07) is 10.5. The molecule has 2 aromatic carbocycles. The smallest absolute Gasteiger partial charge is 0.278 e. The molecule has 5 rings (SSSR count). The zero-order chi connectivity index (χ0) is 20.0. The van der Waals surface area contributed by atoms with Gasteiger partial charge in [-0.2, -0.15) is 4.98 Å². The number of rotatable bonds is 3. The lowest BCUT2D eigenvalue weighted by Crippen LogP contribution is -2.20. The Morgan fingerprint density at radius 2 is 1.93 bits per heavy atom. The lowest BCUT2D eigenvalue weighted by Gasteiger charge is -2.25. The van der Waals surface area contributed by atoms with Crippen molar-refractivity contribution < 1.29 is 18.0 Å². The Morgan fingerprint density at radius 3 is 2.72 bits per heavy atom. The van der Waals surface area contributed by atoms with E-state index >= 15 is 0 Å². The van der Waals surface area contributed by atoms with Gasteiger partial charge in [0.2, 0.25) is 5.82 Å². The topological polar surface area (TPSA) is 66.0 Å². The van der Waals surface area contributed by atoms with Crippen molar-refractivity contribution in [3.05, 3.63) is 76.7 Å². The van der Waals surface area contributed by atoms with Gasteiger partial charge in [-0.25, -0.2) is 13.8 Å². The van der Waals surface area contributed by atoms with Gasteiger partial charge in [-0.3, -0.25) is 0 Å². The quantitative estimate of drug-likeness (QED) is 0.481. The second kappa shape index (κ2) is 7.06. The van der Waals surface area contributed by atoms with Crippen LogP contribution in [0.2, 0.25) is 5.02 Å². The summed E-state index contributed by atoms with van der Waals surface area (Å²) in [6.07, 6.45) is 1.47. The minimum atomic E-state index is -0.560. The molecule has 1 aliphatic rings. The van der Waals surface area contributed by atoms with Gasteiger partial charge in [-0.05, 0) is 35.9 Å². The van der Waals surface area contributed by atoms with E-state index < -0.39 is 5.82 Å². The van der Waals surface area contributed by atoms with E-state index in [9.17, 15) is 8.78 Å². The molecule has 9 heteroatoms. The van der Waals surface area contributed by atoms with Crippen molar-refractivity contribution in [3.63, 3.8) is 0 Å². The maximum Gasteiger partial charge on any atom is 0.278 e. The Balaban J connectivity index is 1.41. The molecule has 0 aliphatic carbocycles. The van der Waals surface area contributed by atoms with E-state index in [4.69, 9.17) is 20.9 Å². The number of fused-ring (bicyclic) bond motifs is 1. The Bertz CT molecular complexity index is 1190. The third-order valence-electron chi connectivity index (χ3n) is 4.78. The minimum absolute atomic E-state index is 0.0218. The van der Waals surface area contributed by atoms with Gasteiger partial charge in [-0.1, -0.05) is 28.9 Å². The van der Waals surface area contributed by atoms with Crippen LogP contribution in [0, 0.1) is 11.6 Å². The van der Waals surface area contributed by atoms with E-state index in [-0.39, 0.29) is 35.3 Å². The number of ether oxygens (including phenoxy) is 1. The molecule has 4 aromatic rings. The first-order valence-corrected chi connectivity index (χ1v) is 9.17. The molecule has 0 saturated carbocycles. The average molecular weight is 415 g/mol. The zero-order valence-corrected chi connectivity index (χ0v) is 15.6. The highest BCUT2D eigenvalue weighted by atomic mass is 35.5. The van der Waals surface area contributed by atoms with E-state index in [0.717, 1.165) is 11.3 Å². The van der Waals surface area contributed by atoms with Crippen molar-refractivity contribution >= 4 is 11.6 Å². The maximum absolute atomic E-state index is 13.7. The minimum Gasteiger partial charge on any atom is -0.365 e. The molecule has 29 heavy (non-hydrogen) atoms. The Hall–Kier alpha value is -3.10. The summed E-state index contributed by atoms with van der Waals surface area (Å²) in [7, 11) is 0. The van der Waals surface area contributed by atoms with Crippen LogP contribution in [0.5, 0.6) is 0 Å². The van der Waals surface area contributed by atoms with E-state index in [1.165, 1.54) is 24.3 Å². The van der Waals surface area contributed by atoms with Crippen molar-refractivity contribution in [3.8, 4) is 23.0 Å². The Labute approximate surface area is 168 Å². The first-order valence-electron chi connectivity index (χ1n) is 8.79. The molecular weight excluding hydrogens is 402 g/mol. The molecule has 0 N–H and O–H groups in total. The first-order chi connectivity index (χ1) is 14.1. The summed E-state index contributed by atoms with van der Waals surface area (Å²) in [5.74, 6) is -0.399. The largest absolute Gasteiger partial charge is 0.365 e. The van der Waals surface area contributed by atoms with E-state index in [2.05, 4.69) is 15.1 Å². The Morgan fingerprint density at radius 1 is 1.10 bits per heavy atom. The standard InChI is InChI=1S/C20H13ClF2N4O2/c21-14-6-3-12(7-15(14)23)19-25-20(29-26-19)18-16-9-28-17(8-27(16)10-24-18)11-1-4-13(22)5-2-11/h1-7,10,17H,8-9H2. The van der Waals surface area contributed by atoms with E-state index in [0.29, 0.717) is 17.8 Å². The van der Waals surface area contributed by atoms with Gasteiger partial charge in [-0.15, -0.1) is 0 Å². The number of aromatic nitrogens is 4. The predicted octanol–water partition coefficient (Wildman–Crippen LogP) is 4.80. The van der Waals surface area contributed by atoms with Gasteiger partial charge in [0, 0.05) is 5.56 Å². The Kier molecular flexibility index (Phi) is 4.37. The van der Waals surface area contributed by atoms with E-state index in [1.54, 1.807) is 24.5 Å². The van der Waals surface area contributed by atoms with Crippen molar-refractivity contribution in [1.82, 2.24) is 19.7 Å². The summed E-state index contributed by atoms with van der Waals surface area (Å²) in [5.41, 5.74) is 2.64. The number of imidazole rings is 1. The van der Waals surface area contributed by atoms with Gasteiger partial charge in [0.25, 0.3) is 5.89 Å². The fraction of sp³-hybridized carbons (Fsp3) is 0.150. The lowest BCUT2D eigenvalue weighted by molar-refractivity contribution is 0.00326. The molecule has 1 aliphatic heterocycles. The monoisotopic (exact) mass is 414 g/mol. The average Bonchev–Trinajstić information content (AvgIpc) is 3.37. The summed E-state index contributed by atoms with van der Waals surface area (Å²) >= 11 is 5.71. The molecule has 1 unspecified atom stereocenters. The molecule has 0 saturated heterocycles. The number of hydrogen-bond donors (Lipinski definition) is 0. The second-order valence-electron chi connectivity index (χ2n) is 6.60. The third-order valence-corrected chi connectivity index (χ3v) is 5.08. The molecule has 6 nitrogen and oxygen atoms in total. The van der Waals surface area contributed by atoms with Gasteiger partial charge >= 0.3 is 0 Å². The fourth-order valence-corrected chi connectivity index (χ4v) is 3.37. The summed E-state index contributed by atoms with van der Waals surface area (Å²) in [5, 5.41) is 3.93. The number of nitrogens with zero attached hydrogens (tertiary/aromatic N) is 4. The molecular formula is C20H13ClF2N4O2. The summed E-state index contributed by atoms with van der Waals surface area (Å²) in [6.45, 7) is 0.808. The van der Waals surface area contributed by atoms with Crippen LogP contribution in [0.1, 0.15) is 17.4 Å². The molecule has 0 radical (unpaired) electrons.